The number of amides is 1. The van der Waals surface area contributed by atoms with Crippen LogP contribution in [0.25, 0.3) is 0 Å². The largest absolute Gasteiger partial charge is 0.339 e. The second-order valence-corrected chi connectivity index (χ2v) is 7.08. The SMILES string of the molecule is CCCC(C)(N)C(=O)N(C)Cc1ccc(Br)s1. The number of halogens is 1. The Kier molecular flexibility index (Phi) is 5.16. The van der Waals surface area contributed by atoms with Gasteiger partial charge in [-0.15, -0.1) is 11.3 Å². The van der Waals surface area contributed by atoms with E-state index >= 15 is 0 Å². The smallest absolute Gasteiger partial charge is 0.242 e. The van der Waals surface area contributed by atoms with Crippen molar-refractivity contribution < 1.29 is 4.79 Å². The maximum atomic E-state index is 12.2. The highest BCUT2D eigenvalue weighted by Gasteiger charge is 2.30. The van der Waals surface area contributed by atoms with Crippen LogP contribution in [-0.4, -0.2) is 23.4 Å². The number of hydrogen-bond donors (Lipinski definition) is 1. The van der Waals surface area contributed by atoms with Gasteiger partial charge in [0, 0.05) is 11.9 Å². The number of carbonyl (C=O) groups excluding carboxylic acids is 1. The first-order valence-corrected chi connectivity index (χ1v) is 7.26. The predicted molar refractivity (Wildman–Crippen MR) is 76.0 cm³/mol. The van der Waals surface area contributed by atoms with Crippen LogP contribution in [0.15, 0.2) is 15.9 Å². The highest BCUT2D eigenvalue weighted by Crippen LogP contribution is 2.23. The molecule has 0 aromatic carbocycles. The van der Waals surface area contributed by atoms with Crippen molar-refractivity contribution >= 4 is 33.2 Å². The third-order valence-electron chi connectivity index (χ3n) is 2.63. The van der Waals surface area contributed by atoms with E-state index in [1.807, 2.05) is 19.1 Å². The van der Waals surface area contributed by atoms with Crippen LogP contribution >= 0.6 is 27.3 Å². The van der Waals surface area contributed by atoms with Gasteiger partial charge in [-0.05, 0) is 41.4 Å². The van der Waals surface area contributed by atoms with Gasteiger partial charge in [-0.2, -0.15) is 0 Å². The quantitative estimate of drug-likeness (QED) is 0.907. The Morgan fingerprint density at radius 3 is 2.71 bits per heavy atom. The molecule has 2 N–H and O–H groups in total. The molecule has 0 fully saturated rings. The van der Waals surface area contributed by atoms with Crippen molar-refractivity contribution in [3.63, 3.8) is 0 Å². The van der Waals surface area contributed by atoms with Gasteiger partial charge in [0.05, 0.1) is 15.9 Å². The van der Waals surface area contributed by atoms with Crippen LogP contribution in [0.5, 0.6) is 0 Å². The van der Waals surface area contributed by atoms with Gasteiger partial charge in [0.15, 0.2) is 0 Å². The molecule has 1 aromatic heterocycles. The summed E-state index contributed by atoms with van der Waals surface area (Å²) in [6.07, 6.45) is 1.63. The van der Waals surface area contributed by atoms with Gasteiger partial charge in [0.1, 0.15) is 0 Å². The Labute approximate surface area is 115 Å². The average Bonchev–Trinajstić information content (AvgIpc) is 2.62. The molecule has 1 unspecified atom stereocenters. The van der Waals surface area contributed by atoms with E-state index in [-0.39, 0.29) is 5.91 Å². The molecule has 5 heteroatoms. The maximum absolute atomic E-state index is 12.2. The van der Waals surface area contributed by atoms with E-state index in [1.165, 1.54) is 0 Å². The fourth-order valence-electron chi connectivity index (χ4n) is 1.80. The van der Waals surface area contributed by atoms with E-state index in [9.17, 15) is 4.79 Å². The number of nitrogens with two attached hydrogens (primary N) is 1. The molecular weight excluding hydrogens is 300 g/mol. The minimum absolute atomic E-state index is 0.00359. The average molecular weight is 319 g/mol. The summed E-state index contributed by atoms with van der Waals surface area (Å²) in [5.74, 6) is 0.00359. The molecule has 1 atom stereocenters. The summed E-state index contributed by atoms with van der Waals surface area (Å²) >= 11 is 5.05. The van der Waals surface area contributed by atoms with Crippen molar-refractivity contribution in [1.29, 1.82) is 0 Å². The fraction of sp³-hybridized carbons (Fsp3) is 0.583. The summed E-state index contributed by atoms with van der Waals surface area (Å²) < 4.78 is 1.08. The van der Waals surface area contributed by atoms with Crippen molar-refractivity contribution in [3.05, 3.63) is 20.8 Å². The Bertz CT molecular complexity index is 390. The molecule has 1 heterocycles. The van der Waals surface area contributed by atoms with Gasteiger partial charge in [-0.1, -0.05) is 13.3 Å². The fourth-order valence-corrected chi connectivity index (χ4v) is 3.34. The van der Waals surface area contributed by atoms with E-state index in [0.29, 0.717) is 13.0 Å². The second kappa shape index (κ2) is 5.98. The highest BCUT2D eigenvalue weighted by atomic mass is 79.9. The van der Waals surface area contributed by atoms with Crippen LogP contribution in [-0.2, 0) is 11.3 Å². The zero-order chi connectivity index (χ0) is 13.1. The first-order valence-electron chi connectivity index (χ1n) is 5.65. The van der Waals surface area contributed by atoms with Gasteiger partial charge in [-0.25, -0.2) is 0 Å². The standard InChI is InChI=1S/C12H19BrN2OS/c1-4-7-12(2,14)11(16)15(3)8-9-5-6-10(13)17-9/h5-6H,4,7-8,14H2,1-3H3. The summed E-state index contributed by atoms with van der Waals surface area (Å²) in [6, 6.07) is 4.01. The molecule has 1 rings (SSSR count). The van der Waals surface area contributed by atoms with Crippen LogP contribution in [0.1, 0.15) is 31.6 Å². The Balaban J connectivity index is 2.64. The molecule has 0 radical (unpaired) electrons. The number of carbonyl (C=O) groups is 1. The Hall–Kier alpha value is -0.390. The molecule has 1 amide bonds. The van der Waals surface area contributed by atoms with E-state index in [0.717, 1.165) is 15.1 Å². The van der Waals surface area contributed by atoms with Crippen LogP contribution < -0.4 is 5.73 Å². The molecule has 1 aromatic rings. The number of thiophene rings is 1. The van der Waals surface area contributed by atoms with Gasteiger partial charge in [0.25, 0.3) is 0 Å². The van der Waals surface area contributed by atoms with Crippen molar-refractivity contribution in [2.24, 2.45) is 5.73 Å². The van der Waals surface area contributed by atoms with E-state index in [1.54, 1.807) is 30.2 Å². The number of likely N-dealkylation sites (N-methyl/N-ethyl adjacent to an activating group) is 1. The topological polar surface area (TPSA) is 46.3 Å². The predicted octanol–water partition coefficient (Wildman–Crippen LogP) is 2.99. The molecule has 0 aliphatic carbocycles. The van der Waals surface area contributed by atoms with Crippen molar-refractivity contribution in [1.82, 2.24) is 4.90 Å². The normalized spacial score (nSPS) is 14.4. The second-order valence-electron chi connectivity index (χ2n) is 4.53. The monoisotopic (exact) mass is 318 g/mol. The minimum atomic E-state index is -0.752. The van der Waals surface area contributed by atoms with Crippen LogP contribution in [0.3, 0.4) is 0 Å². The summed E-state index contributed by atoms with van der Waals surface area (Å²) in [6.45, 7) is 4.46. The lowest BCUT2D eigenvalue weighted by atomic mass is 9.96. The number of hydrogen-bond acceptors (Lipinski definition) is 3. The zero-order valence-corrected chi connectivity index (χ0v) is 12.9. The first kappa shape index (κ1) is 14.7. The molecule has 0 saturated heterocycles. The van der Waals surface area contributed by atoms with Gasteiger partial charge in [-0.3, -0.25) is 4.79 Å². The lowest BCUT2D eigenvalue weighted by Gasteiger charge is -2.28. The number of rotatable bonds is 5. The Morgan fingerprint density at radius 1 is 1.59 bits per heavy atom. The highest BCUT2D eigenvalue weighted by molar-refractivity contribution is 9.11. The van der Waals surface area contributed by atoms with Gasteiger partial charge in [0.2, 0.25) is 5.91 Å². The molecule has 3 nitrogen and oxygen atoms in total. The third-order valence-corrected chi connectivity index (χ3v) is 4.23. The van der Waals surface area contributed by atoms with Crippen LogP contribution in [0.4, 0.5) is 0 Å². The van der Waals surface area contributed by atoms with Crippen molar-refractivity contribution in [2.45, 2.75) is 38.8 Å². The van der Waals surface area contributed by atoms with E-state index in [4.69, 9.17) is 5.73 Å². The molecule has 0 saturated carbocycles. The molecule has 0 aliphatic rings. The maximum Gasteiger partial charge on any atom is 0.242 e. The zero-order valence-electron chi connectivity index (χ0n) is 10.5. The molecule has 17 heavy (non-hydrogen) atoms. The summed E-state index contributed by atoms with van der Waals surface area (Å²) in [5.41, 5.74) is 5.28. The van der Waals surface area contributed by atoms with Gasteiger partial charge >= 0.3 is 0 Å². The van der Waals surface area contributed by atoms with E-state index < -0.39 is 5.54 Å². The van der Waals surface area contributed by atoms with Crippen molar-refractivity contribution in [2.75, 3.05) is 7.05 Å². The minimum Gasteiger partial charge on any atom is -0.339 e. The van der Waals surface area contributed by atoms with E-state index in [2.05, 4.69) is 15.9 Å². The van der Waals surface area contributed by atoms with Gasteiger partial charge < -0.3 is 10.6 Å². The number of nitrogens with zero attached hydrogens (tertiary/aromatic N) is 1. The lowest BCUT2D eigenvalue weighted by molar-refractivity contribution is -0.135. The first-order chi connectivity index (χ1) is 7.86. The molecule has 0 spiro atoms. The summed E-state index contributed by atoms with van der Waals surface area (Å²) in [7, 11) is 1.80. The molecule has 96 valence electrons. The van der Waals surface area contributed by atoms with Crippen molar-refractivity contribution in [3.8, 4) is 0 Å². The lowest BCUT2D eigenvalue weighted by Crippen LogP contribution is -2.51. The third kappa shape index (κ3) is 4.08. The summed E-state index contributed by atoms with van der Waals surface area (Å²) in [5, 5.41) is 0. The molecular formula is C12H19BrN2OS. The molecule has 0 bridgehead atoms. The van der Waals surface area contributed by atoms with Crippen LogP contribution in [0, 0.1) is 0 Å². The molecule has 0 aliphatic heterocycles. The van der Waals surface area contributed by atoms with Crippen LogP contribution in [0.2, 0.25) is 0 Å². The Morgan fingerprint density at radius 2 is 2.24 bits per heavy atom. The summed E-state index contributed by atoms with van der Waals surface area (Å²) in [4.78, 5) is 15.0.